The fraction of sp³-hybridized carbons (Fsp3) is 0.786. The second kappa shape index (κ2) is 7.51. The summed E-state index contributed by atoms with van der Waals surface area (Å²) in [6.45, 7) is 4.62. The van der Waals surface area contributed by atoms with Crippen LogP contribution in [0.5, 0.6) is 0 Å². The predicted molar refractivity (Wildman–Crippen MR) is 77.4 cm³/mol. The third-order valence-corrected chi connectivity index (χ3v) is 3.99. The summed E-state index contributed by atoms with van der Waals surface area (Å²) in [4.78, 5) is 11.9. The molecule has 0 saturated carbocycles. The molecular formula is C14H24N4O3. The largest absolute Gasteiger partial charge is 0.464 e. The lowest BCUT2D eigenvalue weighted by Crippen LogP contribution is -2.29. The molecular weight excluding hydrogens is 272 g/mol. The van der Waals surface area contributed by atoms with E-state index in [2.05, 4.69) is 22.6 Å². The van der Waals surface area contributed by atoms with Gasteiger partial charge in [0.05, 0.1) is 18.8 Å². The number of nitrogens with zero attached hydrogens (tertiary/aromatic N) is 3. The first-order valence-electron chi connectivity index (χ1n) is 7.42. The number of hydrogen-bond donors (Lipinski definition) is 1. The van der Waals surface area contributed by atoms with Crippen LogP contribution in [0.3, 0.4) is 0 Å². The van der Waals surface area contributed by atoms with Gasteiger partial charge >= 0.3 is 5.97 Å². The third-order valence-electron chi connectivity index (χ3n) is 3.99. The quantitative estimate of drug-likeness (QED) is 0.793. The summed E-state index contributed by atoms with van der Waals surface area (Å²) in [7, 11) is 3.06. The molecule has 7 heteroatoms. The van der Waals surface area contributed by atoms with Crippen LogP contribution in [0.1, 0.15) is 54.3 Å². The Labute approximate surface area is 125 Å². The fourth-order valence-corrected chi connectivity index (χ4v) is 2.75. The van der Waals surface area contributed by atoms with E-state index in [0.29, 0.717) is 18.2 Å². The minimum absolute atomic E-state index is 0.140. The highest BCUT2D eigenvalue weighted by Crippen LogP contribution is 2.30. The first kappa shape index (κ1) is 15.9. The second-order valence-corrected chi connectivity index (χ2v) is 5.41. The molecule has 0 amide bonds. The average molecular weight is 296 g/mol. The van der Waals surface area contributed by atoms with E-state index in [1.165, 1.54) is 7.11 Å². The number of methoxy groups -OCH3 is 2. The van der Waals surface area contributed by atoms with Crippen molar-refractivity contribution in [1.82, 2.24) is 20.3 Å². The molecule has 1 aliphatic heterocycles. The Hall–Kier alpha value is -1.47. The number of carbonyl (C=O) groups excluding carboxylic acids is 1. The summed E-state index contributed by atoms with van der Waals surface area (Å²) < 4.78 is 11.9. The maximum Gasteiger partial charge on any atom is 0.360 e. The lowest BCUT2D eigenvalue weighted by molar-refractivity contribution is 0.0591. The molecule has 2 heterocycles. The van der Waals surface area contributed by atoms with Crippen molar-refractivity contribution in [2.75, 3.05) is 33.9 Å². The predicted octanol–water partition coefficient (Wildman–Crippen LogP) is 1.13. The Morgan fingerprint density at radius 2 is 2.14 bits per heavy atom. The highest BCUT2D eigenvalue weighted by molar-refractivity contribution is 5.88. The van der Waals surface area contributed by atoms with Crippen LogP contribution in [0.2, 0.25) is 0 Å². The van der Waals surface area contributed by atoms with Crippen LogP contribution >= 0.6 is 0 Å². The summed E-state index contributed by atoms with van der Waals surface area (Å²) in [5.41, 5.74) is 1.26. The molecule has 0 aromatic carbocycles. The minimum atomic E-state index is -0.409. The van der Waals surface area contributed by atoms with Gasteiger partial charge in [-0.25, -0.2) is 9.48 Å². The highest BCUT2D eigenvalue weighted by Gasteiger charge is 2.29. The van der Waals surface area contributed by atoms with Crippen molar-refractivity contribution in [3.8, 4) is 0 Å². The number of rotatable bonds is 6. The van der Waals surface area contributed by atoms with E-state index in [-0.39, 0.29) is 6.04 Å². The lowest BCUT2D eigenvalue weighted by atomic mass is 9.92. The normalized spacial score (nSPS) is 17.7. The molecule has 1 unspecified atom stereocenters. The monoisotopic (exact) mass is 296 g/mol. The van der Waals surface area contributed by atoms with Gasteiger partial charge in [-0.2, -0.15) is 0 Å². The van der Waals surface area contributed by atoms with E-state index >= 15 is 0 Å². The standard InChI is InChI=1S/C14H24N4O3/c1-10(6-9-20-2)18-13(11-4-7-15-8-5-11)12(16-17-18)14(19)21-3/h10-11,15H,4-9H2,1-3H3. The van der Waals surface area contributed by atoms with E-state index < -0.39 is 5.97 Å². The van der Waals surface area contributed by atoms with Gasteiger partial charge in [0.25, 0.3) is 0 Å². The third kappa shape index (κ3) is 3.59. The summed E-state index contributed by atoms with van der Waals surface area (Å²) in [5.74, 6) is -0.117. The van der Waals surface area contributed by atoms with Gasteiger partial charge in [-0.3, -0.25) is 0 Å². The maximum absolute atomic E-state index is 11.9. The van der Waals surface area contributed by atoms with Crippen molar-refractivity contribution >= 4 is 5.97 Å². The van der Waals surface area contributed by atoms with Crippen molar-refractivity contribution in [3.05, 3.63) is 11.4 Å². The van der Waals surface area contributed by atoms with Gasteiger partial charge in [-0.15, -0.1) is 5.10 Å². The van der Waals surface area contributed by atoms with E-state index in [4.69, 9.17) is 9.47 Å². The van der Waals surface area contributed by atoms with Gasteiger partial charge in [0.1, 0.15) is 0 Å². The van der Waals surface area contributed by atoms with Gasteiger partial charge in [0.15, 0.2) is 5.69 Å². The SMILES string of the molecule is COCCC(C)n1nnc(C(=O)OC)c1C1CCNCC1. The van der Waals surface area contributed by atoms with Crippen molar-refractivity contribution in [2.24, 2.45) is 0 Å². The summed E-state index contributed by atoms with van der Waals surface area (Å²) >= 11 is 0. The molecule has 118 valence electrons. The second-order valence-electron chi connectivity index (χ2n) is 5.41. The molecule has 1 aromatic heterocycles. The Balaban J connectivity index is 2.30. The maximum atomic E-state index is 11.9. The van der Waals surface area contributed by atoms with E-state index in [1.54, 1.807) is 7.11 Å². The van der Waals surface area contributed by atoms with E-state index in [1.807, 2.05) is 4.68 Å². The molecule has 2 rings (SSSR count). The van der Waals surface area contributed by atoms with E-state index in [0.717, 1.165) is 38.0 Å². The topological polar surface area (TPSA) is 78.3 Å². The molecule has 0 bridgehead atoms. The Morgan fingerprint density at radius 3 is 2.76 bits per heavy atom. The van der Waals surface area contributed by atoms with Gasteiger partial charge < -0.3 is 14.8 Å². The van der Waals surface area contributed by atoms with Crippen LogP contribution in [0.4, 0.5) is 0 Å². The first-order chi connectivity index (χ1) is 10.2. The Bertz CT molecular complexity index is 469. The van der Waals surface area contributed by atoms with Crippen LogP contribution < -0.4 is 5.32 Å². The number of piperidine rings is 1. The molecule has 0 aliphatic carbocycles. The lowest BCUT2D eigenvalue weighted by Gasteiger charge is -2.25. The number of hydrogen-bond acceptors (Lipinski definition) is 6. The number of ether oxygens (including phenoxy) is 2. The zero-order valence-corrected chi connectivity index (χ0v) is 13.0. The zero-order valence-electron chi connectivity index (χ0n) is 13.0. The van der Waals surface area contributed by atoms with Gasteiger partial charge in [0, 0.05) is 19.6 Å². The van der Waals surface area contributed by atoms with Gasteiger partial charge in [0.2, 0.25) is 0 Å². The zero-order chi connectivity index (χ0) is 15.2. The van der Waals surface area contributed by atoms with Crippen molar-refractivity contribution in [2.45, 2.75) is 38.1 Å². The van der Waals surface area contributed by atoms with Crippen molar-refractivity contribution < 1.29 is 14.3 Å². The molecule has 1 aliphatic rings. The fourth-order valence-electron chi connectivity index (χ4n) is 2.75. The smallest absolute Gasteiger partial charge is 0.360 e. The Morgan fingerprint density at radius 1 is 1.43 bits per heavy atom. The van der Waals surface area contributed by atoms with Crippen LogP contribution in [-0.2, 0) is 9.47 Å². The molecule has 1 aromatic rings. The summed E-state index contributed by atoms with van der Waals surface area (Å²) in [5, 5.41) is 11.6. The average Bonchev–Trinajstić information content (AvgIpc) is 2.97. The van der Waals surface area contributed by atoms with Crippen molar-refractivity contribution in [1.29, 1.82) is 0 Å². The van der Waals surface area contributed by atoms with Crippen LogP contribution in [0.25, 0.3) is 0 Å². The number of nitrogens with one attached hydrogen (secondary N) is 1. The molecule has 1 N–H and O–H groups in total. The number of aromatic nitrogens is 3. The molecule has 7 nitrogen and oxygen atoms in total. The Kier molecular flexibility index (Phi) is 5.69. The molecule has 1 fully saturated rings. The van der Waals surface area contributed by atoms with Crippen LogP contribution in [0.15, 0.2) is 0 Å². The highest BCUT2D eigenvalue weighted by atomic mass is 16.5. The van der Waals surface area contributed by atoms with Gasteiger partial charge in [-0.05, 0) is 39.3 Å². The molecule has 1 atom stereocenters. The first-order valence-corrected chi connectivity index (χ1v) is 7.42. The molecule has 21 heavy (non-hydrogen) atoms. The minimum Gasteiger partial charge on any atom is -0.464 e. The number of carbonyl (C=O) groups is 1. The molecule has 1 saturated heterocycles. The van der Waals surface area contributed by atoms with Crippen LogP contribution in [0, 0.1) is 0 Å². The van der Waals surface area contributed by atoms with Crippen molar-refractivity contribution in [3.63, 3.8) is 0 Å². The van der Waals surface area contributed by atoms with E-state index in [9.17, 15) is 4.79 Å². The molecule has 0 radical (unpaired) electrons. The number of esters is 1. The molecule has 0 spiro atoms. The summed E-state index contributed by atoms with van der Waals surface area (Å²) in [6, 6.07) is 0.140. The van der Waals surface area contributed by atoms with Crippen LogP contribution in [-0.4, -0.2) is 54.9 Å². The van der Waals surface area contributed by atoms with Gasteiger partial charge in [-0.1, -0.05) is 5.21 Å². The summed E-state index contributed by atoms with van der Waals surface area (Å²) in [6.07, 6.45) is 2.79.